The van der Waals surface area contributed by atoms with E-state index in [4.69, 9.17) is 0 Å². The minimum absolute atomic E-state index is 0.315. The highest BCUT2D eigenvalue weighted by atomic mass is 14.9. The van der Waals surface area contributed by atoms with Crippen molar-refractivity contribution in [3.63, 3.8) is 0 Å². The molecule has 10 heavy (non-hydrogen) atoms. The summed E-state index contributed by atoms with van der Waals surface area (Å²) in [5.41, 5.74) is 0.315. The highest BCUT2D eigenvalue weighted by Gasteiger charge is 2.19. The first-order valence-electron chi connectivity index (χ1n) is 4.33. The maximum Gasteiger partial charge on any atom is 0.00966 e. The molecule has 0 aromatic heterocycles. The predicted octanol–water partition coefficient (Wildman–Crippen LogP) is 2.17. The van der Waals surface area contributed by atoms with Gasteiger partial charge in [-0.2, -0.15) is 0 Å². The molecule has 0 aromatic carbocycles. The number of nitrogens with one attached hydrogen (secondary N) is 1. The van der Waals surface area contributed by atoms with Crippen LogP contribution in [0, 0.1) is 5.92 Å². The van der Waals surface area contributed by atoms with Crippen LogP contribution >= 0.6 is 0 Å². The topological polar surface area (TPSA) is 12.0 Å². The third-order valence-corrected chi connectivity index (χ3v) is 2.15. The summed E-state index contributed by atoms with van der Waals surface area (Å²) in [7, 11) is 0. The predicted molar refractivity (Wildman–Crippen MR) is 45.1 cm³/mol. The molecular formula is C9H19N. The van der Waals surface area contributed by atoms with Crippen LogP contribution in [0.15, 0.2) is 0 Å². The van der Waals surface area contributed by atoms with E-state index in [2.05, 4.69) is 26.1 Å². The standard InChI is InChI=1S/C9H19N/c1-9(2,3)10-7-8-5-4-6-8/h8,10H,4-7H2,1-3H3. The van der Waals surface area contributed by atoms with E-state index < -0.39 is 0 Å². The maximum atomic E-state index is 3.52. The molecule has 1 nitrogen and oxygen atoms in total. The normalized spacial score (nSPS) is 20.7. The Hall–Kier alpha value is -0.0400. The average Bonchev–Trinajstić information content (AvgIpc) is 1.56. The lowest BCUT2D eigenvalue weighted by molar-refractivity contribution is 0.270. The fourth-order valence-corrected chi connectivity index (χ4v) is 1.15. The summed E-state index contributed by atoms with van der Waals surface area (Å²) in [6.07, 6.45) is 4.35. The van der Waals surface area contributed by atoms with Gasteiger partial charge >= 0.3 is 0 Å². The second-order valence-corrected chi connectivity index (χ2v) is 4.43. The molecule has 0 saturated heterocycles. The van der Waals surface area contributed by atoms with Crippen LogP contribution in [0.1, 0.15) is 40.0 Å². The molecule has 1 fully saturated rings. The molecule has 1 saturated carbocycles. The van der Waals surface area contributed by atoms with Crippen LogP contribution in [0.5, 0.6) is 0 Å². The van der Waals surface area contributed by atoms with Crippen molar-refractivity contribution in [3.8, 4) is 0 Å². The van der Waals surface area contributed by atoms with Gasteiger partial charge in [-0.1, -0.05) is 6.42 Å². The largest absolute Gasteiger partial charge is 0.312 e. The Morgan fingerprint density at radius 3 is 2.20 bits per heavy atom. The zero-order valence-electron chi connectivity index (χ0n) is 7.41. The second-order valence-electron chi connectivity index (χ2n) is 4.43. The van der Waals surface area contributed by atoms with E-state index in [0.717, 1.165) is 5.92 Å². The van der Waals surface area contributed by atoms with Crippen molar-refractivity contribution in [3.05, 3.63) is 0 Å². The van der Waals surface area contributed by atoms with Gasteiger partial charge in [0.05, 0.1) is 0 Å². The molecule has 0 unspecified atom stereocenters. The summed E-state index contributed by atoms with van der Waals surface area (Å²) in [6.45, 7) is 7.91. The van der Waals surface area contributed by atoms with Crippen LogP contribution in [0.2, 0.25) is 0 Å². The molecule has 0 amide bonds. The van der Waals surface area contributed by atoms with Gasteiger partial charge in [0.2, 0.25) is 0 Å². The lowest BCUT2D eigenvalue weighted by Crippen LogP contribution is -2.40. The molecule has 0 aromatic rings. The Labute approximate surface area is 64.2 Å². The SMILES string of the molecule is CC(C)(C)NCC1CCC1. The molecule has 0 radical (unpaired) electrons. The van der Waals surface area contributed by atoms with Crippen LogP contribution in [-0.4, -0.2) is 12.1 Å². The van der Waals surface area contributed by atoms with Crippen LogP contribution < -0.4 is 5.32 Å². The van der Waals surface area contributed by atoms with Crippen molar-refractivity contribution in [2.45, 2.75) is 45.6 Å². The van der Waals surface area contributed by atoms with Gasteiger partial charge in [0.15, 0.2) is 0 Å². The van der Waals surface area contributed by atoms with Crippen molar-refractivity contribution >= 4 is 0 Å². The molecule has 0 spiro atoms. The number of rotatable bonds is 2. The summed E-state index contributed by atoms with van der Waals surface area (Å²) in [5, 5.41) is 3.52. The van der Waals surface area contributed by atoms with Crippen molar-refractivity contribution in [2.24, 2.45) is 5.92 Å². The van der Waals surface area contributed by atoms with Crippen molar-refractivity contribution in [1.82, 2.24) is 5.32 Å². The Morgan fingerprint density at radius 2 is 1.90 bits per heavy atom. The zero-order chi connectivity index (χ0) is 7.61. The molecule has 0 atom stereocenters. The smallest absolute Gasteiger partial charge is 0.00966 e. The monoisotopic (exact) mass is 141 g/mol. The van der Waals surface area contributed by atoms with E-state index in [1.54, 1.807) is 0 Å². The Balaban J connectivity index is 2.04. The lowest BCUT2D eigenvalue weighted by atomic mass is 9.85. The third-order valence-electron chi connectivity index (χ3n) is 2.15. The summed E-state index contributed by atoms with van der Waals surface area (Å²) in [5.74, 6) is 0.985. The highest BCUT2D eigenvalue weighted by Crippen LogP contribution is 2.25. The second kappa shape index (κ2) is 2.91. The van der Waals surface area contributed by atoms with Gasteiger partial charge in [0, 0.05) is 5.54 Å². The molecule has 1 rings (SSSR count). The first kappa shape index (κ1) is 8.06. The Morgan fingerprint density at radius 1 is 1.30 bits per heavy atom. The van der Waals surface area contributed by atoms with E-state index >= 15 is 0 Å². The maximum absolute atomic E-state index is 3.52. The minimum atomic E-state index is 0.315. The van der Waals surface area contributed by atoms with E-state index in [1.165, 1.54) is 25.8 Å². The van der Waals surface area contributed by atoms with Gasteiger partial charge in [-0.15, -0.1) is 0 Å². The van der Waals surface area contributed by atoms with Gasteiger partial charge in [0.25, 0.3) is 0 Å². The van der Waals surface area contributed by atoms with E-state index in [0.29, 0.717) is 5.54 Å². The van der Waals surface area contributed by atoms with Crippen LogP contribution in [0.4, 0.5) is 0 Å². The molecule has 1 N–H and O–H groups in total. The fourth-order valence-electron chi connectivity index (χ4n) is 1.15. The summed E-state index contributed by atoms with van der Waals surface area (Å²) in [4.78, 5) is 0. The summed E-state index contributed by atoms with van der Waals surface area (Å²) >= 11 is 0. The third kappa shape index (κ3) is 2.70. The highest BCUT2D eigenvalue weighted by molar-refractivity contribution is 4.77. The van der Waals surface area contributed by atoms with Crippen molar-refractivity contribution < 1.29 is 0 Å². The molecule has 0 heterocycles. The number of hydrogen-bond acceptors (Lipinski definition) is 1. The van der Waals surface area contributed by atoms with Gasteiger partial charge in [0.1, 0.15) is 0 Å². The first-order valence-corrected chi connectivity index (χ1v) is 4.33. The minimum Gasteiger partial charge on any atom is -0.312 e. The molecule has 0 bridgehead atoms. The zero-order valence-corrected chi connectivity index (χ0v) is 7.41. The van der Waals surface area contributed by atoms with E-state index in [1.807, 2.05) is 0 Å². The van der Waals surface area contributed by atoms with Gasteiger partial charge in [-0.25, -0.2) is 0 Å². The summed E-state index contributed by atoms with van der Waals surface area (Å²) < 4.78 is 0. The molecular weight excluding hydrogens is 122 g/mol. The van der Waals surface area contributed by atoms with Crippen molar-refractivity contribution in [1.29, 1.82) is 0 Å². The Bertz CT molecular complexity index is 97.8. The quantitative estimate of drug-likeness (QED) is 0.621. The van der Waals surface area contributed by atoms with Crippen LogP contribution in [-0.2, 0) is 0 Å². The molecule has 1 aliphatic rings. The van der Waals surface area contributed by atoms with Crippen LogP contribution in [0.25, 0.3) is 0 Å². The van der Waals surface area contributed by atoms with Gasteiger partial charge in [-0.05, 0) is 46.1 Å². The van der Waals surface area contributed by atoms with Gasteiger partial charge in [-0.3, -0.25) is 0 Å². The first-order chi connectivity index (χ1) is 4.58. The number of hydrogen-bond donors (Lipinski definition) is 1. The average molecular weight is 141 g/mol. The Kier molecular flexibility index (Phi) is 2.35. The summed E-state index contributed by atoms with van der Waals surface area (Å²) in [6, 6.07) is 0. The molecule has 1 aliphatic carbocycles. The van der Waals surface area contributed by atoms with Crippen LogP contribution in [0.3, 0.4) is 0 Å². The van der Waals surface area contributed by atoms with E-state index in [9.17, 15) is 0 Å². The van der Waals surface area contributed by atoms with E-state index in [-0.39, 0.29) is 0 Å². The molecule has 60 valence electrons. The molecule has 1 heteroatoms. The fraction of sp³-hybridized carbons (Fsp3) is 1.00. The molecule has 0 aliphatic heterocycles. The van der Waals surface area contributed by atoms with Crippen molar-refractivity contribution in [2.75, 3.05) is 6.54 Å². The lowest BCUT2D eigenvalue weighted by Gasteiger charge is -2.30. The van der Waals surface area contributed by atoms with Gasteiger partial charge < -0.3 is 5.32 Å².